The molecule has 13 heavy (non-hydrogen) atoms. The maximum absolute atomic E-state index is 10.1. The molecule has 1 atom stereocenters. The molecule has 1 unspecified atom stereocenters. The Balaban J connectivity index is -0.000000202. The van der Waals surface area contributed by atoms with Crippen LogP contribution >= 0.6 is 0 Å². The van der Waals surface area contributed by atoms with Crippen LogP contribution in [0.3, 0.4) is 0 Å². The van der Waals surface area contributed by atoms with Gasteiger partial charge in [-0.3, -0.25) is 0 Å². The molecule has 3 nitrogen and oxygen atoms in total. The third-order valence-corrected chi connectivity index (χ3v) is 1.99. The van der Waals surface area contributed by atoms with Crippen LogP contribution in [0.15, 0.2) is 0 Å². The fourth-order valence-corrected chi connectivity index (χ4v) is 1.09. The number of carbonyl (C=O) groups is 1. The predicted molar refractivity (Wildman–Crippen MR) is 55.3 cm³/mol. The van der Waals surface area contributed by atoms with Crippen molar-refractivity contribution in [2.75, 3.05) is 6.61 Å². The van der Waals surface area contributed by atoms with Crippen LogP contribution in [-0.4, -0.2) is 40.9 Å². The van der Waals surface area contributed by atoms with Crippen molar-refractivity contribution in [1.29, 1.82) is 0 Å². The molecule has 0 aromatic rings. The van der Waals surface area contributed by atoms with Gasteiger partial charge in [-0.15, -0.1) is 0 Å². The Kier molecular flexibility index (Phi) is 12.1. The molecule has 0 aromatic heterocycles. The zero-order valence-electron chi connectivity index (χ0n) is 10.6. The second-order valence-electron chi connectivity index (χ2n) is 2.99. The second-order valence-corrected chi connectivity index (χ2v) is 2.99. The molecular weight excluding hydrogens is 180 g/mol. The van der Waals surface area contributed by atoms with Crippen molar-refractivity contribution < 1.29 is 17.5 Å². The monoisotopic (exact) mass is 200 g/mol. The largest absolute Gasteiger partial charge is 2.00 e. The fourth-order valence-electron chi connectivity index (χ4n) is 1.09. The molecule has 0 saturated carbocycles. The summed E-state index contributed by atoms with van der Waals surface area (Å²) in [4.78, 5) is 10.1. The van der Waals surface area contributed by atoms with E-state index < -0.39 is 6.16 Å². The van der Waals surface area contributed by atoms with E-state index in [0.29, 0.717) is 12.5 Å². The number of hydrogen-bond donors (Lipinski definition) is 1. The van der Waals surface area contributed by atoms with Gasteiger partial charge in [-0.25, -0.2) is 4.79 Å². The molecule has 0 bridgehead atoms. The first-order valence-electron chi connectivity index (χ1n) is 4.56. The van der Waals surface area contributed by atoms with Crippen LogP contribution in [0.5, 0.6) is 0 Å². The molecule has 0 heterocycles. The average Bonchev–Trinajstić information content (AvgIpc) is 2.05. The second kappa shape index (κ2) is 10.1. The summed E-state index contributed by atoms with van der Waals surface area (Å²) < 4.78 is 4.51. The molecule has 0 aliphatic rings. The molecule has 1 N–H and O–H groups in total. The van der Waals surface area contributed by atoms with Crippen molar-refractivity contribution in [1.82, 2.24) is 0 Å². The predicted octanol–water partition coefficient (Wildman–Crippen LogP) is 2.74. The average molecular weight is 201 g/mol. The van der Waals surface area contributed by atoms with Crippen LogP contribution in [-0.2, 0) is 4.74 Å². The van der Waals surface area contributed by atoms with Crippen molar-refractivity contribution in [3.8, 4) is 0 Å². The summed E-state index contributed by atoms with van der Waals surface area (Å²) in [6.07, 6.45) is 3.21. The molecule has 0 saturated heterocycles. The molecule has 0 amide bonds. The van der Waals surface area contributed by atoms with Gasteiger partial charge in [0.15, 0.2) is 0 Å². The molecule has 0 spiro atoms. The first-order valence-corrected chi connectivity index (χ1v) is 4.56. The van der Waals surface area contributed by atoms with E-state index in [1.54, 1.807) is 0 Å². The summed E-state index contributed by atoms with van der Waals surface area (Å²) in [5, 5.41) is 8.26. The smallest absolute Gasteiger partial charge is 1.00 e. The van der Waals surface area contributed by atoms with Gasteiger partial charge in [0.2, 0.25) is 0 Å². The van der Waals surface area contributed by atoms with Gasteiger partial charge in [-0.1, -0.05) is 33.1 Å². The quantitative estimate of drug-likeness (QED) is 0.530. The van der Waals surface area contributed by atoms with E-state index in [4.69, 9.17) is 5.11 Å². The van der Waals surface area contributed by atoms with E-state index in [-0.39, 0.29) is 25.9 Å². The van der Waals surface area contributed by atoms with E-state index in [2.05, 4.69) is 18.6 Å². The molecule has 0 rings (SSSR count). The standard InChI is InChI=1S/C9H18O3.Mg.2H/c1-3-5-6-8(4-2)7-12-9(10)11;;;/h8H,3-7H2,1-2H3,(H,10,11);;;/q;+2;2*-1. The molecule has 4 heteroatoms. The van der Waals surface area contributed by atoms with Crippen LogP contribution in [0.1, 0.15) is 42.4 Å². The summed E-state index contributed by atoms with van der Waals surface area (Å²) in [7, 11) is 0. The third kappa shape index (κ3) is 9.95. The summed E-state index contributed by atoms with van der Waals surface area (Å²) in [5.74, 6) is 0.404. The SMILES string of the molecule is CCCCC(CC)COC(=O)O.[H-].[H-].[Mg+2]. The Labute approximate surface area is 99.0 Å². The van der Waals surface area contributed by atoms with Crippen molar-refractivity contribution in [2.45, 2.75) is 39.5 Å². The summed E-state index contributed by atoms with van der Waals surface area (Å²) >= 11 is 0. The van der Waals surface area contributed by atoms with E-state index >= 15 is 0 Å². The van der Waals surface area contributed by atoms with Gasteiger partial charge >= 0.3 is 29.2 Å². The topological polar surface area (TPSA) is 46.5 Å². The van der Waals surface area contributed by atoms with E-state index in [9.17, 15) is 4.79 Å². The Bertz CT molecular complexity index is 137. The maximum Gasteiger partial charge on any atom is 2.00 e. The van der Waals surface area contributed by atoms with Crippen molar-refractivity contribution in [3.63, 3.8) is 0 Å². The molecule has 0 fully saturated rings. The van der Waals surface area contributed by atoms with Crippen LogP contribution in [0.25, 0.3) is 0 Å². The normalized spacial score (nSPS) is 11.5. The maximum atomic E-state index is 10.1. The Morgan fingerprint density at radius 3 is 2.54 bits per heavy atom. The number of hydrogen-bond acceptors (Lipinski definition) is 2. The summed E-state index contributed by atoms with van der Waals surface area (Å²) in [6, 6.07) is 0. The third-order valence-electron chi connectivity index (χ3n) is 1.99. The number of carboxylic acid groups (broad SMARTS) is 1. The Morgan fingerprint density at radius 2 is 2.15 bits per heavy atom. The summed E-state index contributed by atoms with van der Waals surface area (Å²) in [6.45, 7) is 4.54. The van der Waals surface area contributed by atoms with Gasteiger partial charge in [0, 0.05) is 0 Å². The number of ether oxygens (including phenoxy) is 1. The summed E-state index contributed by atoms with van der Waals surface area (Å²) in [5.41, 5.74) is 0. The van der Waals surface area contributed by atoms with Crippen LogP contribution in [0.2, 0.25) is 0 Å². The van der Waals surface area contributed by atoms with Gasteiger partial charge in [-0.05, 0) is 12.3 Å². The zero-order valence-corrected chi connectivity index (χ0v) is 10.00. The van der Waals surface area contributed by atoms with Gasteiger partial charge in [0.05, 0.1) is 6.61 Å². The van der Waals surface area contributed by atoms with Crippen LogP contribution in [0.4, 0.5) is 4.79 Å². The zero-order chi connectivity index (χ0) is 9.40. The van der Waals surface area contributed by atoms with Gasteiger partial charge in [0.1, 0.15) is 0 Å². The first kappa shape index (κ1) is 15.5. The minimum Gasteiger partial charge on any atom is -1.00 e. The number of rotatable bonds is 6. The first-order chi connectivity index (χ1) is 5.70. The minimum absolute atomic E-state index is 0. The molecule has 0 aliphatic heterocycles. The van der Waals surface area contributed by atoms with Crippen molar-refractivity contribution in [2.24, 2.45) is 5.92 Å². The molecule has 76 valence electrons. The van der Waals surface area contributed by atoms with Gasteiger partial charge < -0.3 is 12.7 Å². The molecule has 0 radical (unpaired) electrons. The van der Waals surface area contributed by atoms with E-state index in [1.807, 2.05) is 0 Å². The van der Waals surface area contributed by atoms with Crippen LogP contribution in [0, 0.1) is 5.92 Å². The van der Waals surface area contributed by atoms with Crippen LogP contribution < -0.4 is 0 Å². The number of unbranched alkanes of at least 4 members (excludes halogenated alkanes) is 1. The van der Waals surface area contributed by atoms with Gasteiger partial charge in [-0.2, -0.15) is 0 Å². The Hall–Kier alpha value is 0.0362. The van der Waals surface area contributed by atoms with Gasteiger partial charge in [0.25, 0.3) is 0 Å². The minimum atomic E-state index is -1.16. The molecule has 0 aromatic carbocycles. The van der Waals surface area contributed by atoms with E-state index in [1.165, 1.54) is 0 Å². The molecular formula is C9H20MgO3. The van der Waals surface area contributed by atoms with E-state index in [0.717, 1.165) is 25.7 Å². The van der Waals surface area contributed by atoms with Crippen molar-refractivity contribution in [3.05, 3.63) is 0 Å². The molecule has 0 aliphatic carbocycles. The fraction of sp³-hybridized carbons (Fsp3) is 0.889. The Morgan fingerprint density at radius 1 is 1.54 bits per heavy atom. The van der Waals surface area contributed by atoms with Crippen molar-refractivity contribution >= 4 is 29.2 Å².